The average molecular weight is 266 g/mol. The topological polar surface area (TPSA) is 61.6 Å². The number of nitriles is 1. The van der Waals surface area contributed by atoms with Crippen LogP contribution in [-0.4, -0.2) is 9.97 Å². The van der Waals surface area contributed by atoms with Gasteiger partial charge in [0.05, 0.1) is 0 Å². The van der Waals surface area contributed by atoms with Gasteiger partial charge >= 0.3 is 0 Å². The predicted molar refractivity (Wildman–Crippen MR) is 79.8 cm³/mol. The van der Waals surface area contributed by atoms with E-state index in [1.807, 2.05) is 25.1 Å². The van der Waals surface area contributed by atoms with Crippen LogP contribution in [0.4, 0.5) is 11.6 Å². The fourth-order valence-electron chi connectivity index (χ4n) is 1.95. The summed E-state index contributed by atoms with van der Waals surface area (Å²) in [5, 5.41) is 12.0. The molecular weight excluding hydrogens is 248 g/mol. The molecule has 0 spiro atoms. The van der Waals surface area contributed by atoms with E-state index in [1.165, 1.54) is 18.4 Å². The van der Waals surface area contributed by atoms with Crippen LogP contribution in [0, 0.1) is 18.3 Å². The second-order valence-corrected chi connectivity index (χ2v) is 4.76. The minimum absolute atomic E-state index is 0.375. The fourth-order valence-corrected chi connectivity index (χ4v) is 1.95. The van der Waals surface area contributed by atoms with Gasteiger partial charge in [0, 0.05) is 11.4 Å². The zero-order valence-corrected chi connectivity index (χ0v) is 11.8. The van der Waals surface area contributed by atoms with E-state index in [9.17, 15) is 0 Å². The van der Waals surface area contributed by atoms with E-state index in [2.05, 4.69) is 34.3 Å². The number of anilines is 2. The van der Waals surface area contributed by atoms with Crippen molar-refractivity contribution < 1.29 is 0 Å². The highest BCUT2D eigenvalue weighted by molar-refractivity contribution is 5.54. The Hall–Kier alpha value is -2.41. The third kappa shape index (κ3) is 3.79. The van der Waals surface area contributed by atoms with Crippen molar-refractivity contribution in [2.45, 2.75) is 33.1 Å². The Bertz CT molecular complexity index is 611. The van der Waals surface area contributed by atoms with Gasteiger partial charge in [0.2, 0.25) is 5.95 Å². The van der Waals surface area contributed by atoms with E-state index in [-0.39, 0.29) is 0 Å². The number of rotatable bonds is 5. The molecule has 1 N–H and O–H groups in total. The summed E-state index contributed by atoms with van der Waals surface area (Å²) in [6.45, 7) is 4.04. The molecule has 0 atom stereocenters. The van der Waals surface area contributed by atoms with Gasteiger partial charge in [0.1, 0.15) is 11.8 Å². The van der Waals surface area contributed by atoms with E-state index in [4.69, 9.17) is 5.26 Å². The van der Waals surface area contributed by atoms with Gasteiger partial charge in [-0.25, -0.2) is 9.97 Å². The third-order valence-electron chi connectivity index (χ3n) is 3.00. The monoisotopic (exact) mass is 266 g/mol. The number of hydrogen-bond donors (Lipinski definition) is 1. The summed E-state index contributed by atoms with van der Waals surface area (Å²) in [5.74, 6) is 0.461. The number of unbranched alkanes of at least 4 members (excludes halogenated alkanes) is 1. The molecule has 2 aromatic rings. The first-order valence-electron chi connectivity index (χ1n) is 6.83. The van der Waals surface area contributed by atoms with Crippen molar-refractivity contribution in [2.75, 3.05) is 5.32 Å². The molecule has 0 aliphatic heterocycles. The molecule has 4 heteroatoms. The van der Waals surface area contributed by atoms with Gasteiger partial charge in [-0.1, -0.05) is 25.5 Å². The highest BCUT2D eigenvalue weighted by atomic mass is 15.1. The van der Waals surface area contributed by atoms with Crippen LogP contribution in [0.25, 0.3) is 0 Å². The van der Waals surface area contributed by atoms with Crippen LogP contribution in [0.2, 0.25) is 0 Å². The minimum Gasteiger partial charge on any atom is -0.324 e. The van der Waals surface area contributed by atoms with Crippen molar-refractivity contribution in [3.05, 3.63) is 47.3 Å². The molecule has 1 aromatic heterocycles. The molecule has 20 heavy (non-hydrogen) atoms. The lowest BCUT2D eigenvalue weighted by Gasteiger charge is -2.07. The summed E-state index contributed by atoms with van der Waals surface area (Å²) in [5.41, 5.74) is 3.41. The second-order valence-electron chi connectivity index (χ2n) is 4.76. The van der Waals surface area contributed by atoms with Crippen molar-refractivity contribution in [3.8, 4) is 6.07 Å². The molecule has 2 rings (SSSR count). The first-order valence-corrected chi connectivity index (χ1v) is 6.83. The van der Waals surface area contributed by atoms with Crippen molar-refractivity contribution in [1.82, 2.24) is 9.97 Å². The molecule has 0 saturated heterocycles. The molecule has 0 radical (unpaired) electrons. The van der Waals surface area contributed by atoms with E-state index < -0.39 is 0 Å². The number of benzene rings is 1. The van der Waals surface area contributed by atoms with Crippen LogP contribution in [0.15, 0.2) is 30.3 Å². The molecule has 0 unspecified atom stereocenters. The summed E-state index contributed by atoms with van der Waals surface area (Å²) in [6, 6.07) is 12.0. The molecule has 0 bridgehead atoms. The molecule has 0 amide bonds. The summed E-state index contributed by atoms with van der Waals surface area (Å²) >= 11 is 0. The standard InChI is InChI=1S/C16H18N4/c1-3-4-5-13-6-8-14(9-7-13)19-16-18-12(2)10-15(11-17)20-16/h6-10H,3-5H2,1-2H3,(H,18,19,20). The molecule has 1 heterocycles. The van der Waals surface area contributed by atoms with E-state index in [1.54, 1.807) is 6.07 Å². The maximum absolute atomic E-state index is 8.90. The Morgan fingerprint density at radius 2 is 1.95 bits per heavy atom. The summed E-state index contributed by atoms with van der Waals surface area (Å²) in [7, 11) is 0. The number of nitrogens with one attached hydrogen (secondary N) is 1. The lowest BCUT2D eigenvalue weighted by Crippen LogP contribution is -2.00. The Kier molecular flexibility index (Phi) is 4.67. The van der Waals surface area contributed by atoms with Crippen LogP contribution in [-0.2, 0) is 6.42 Å². The summed E-state index contributed by atoms with van der Waals surface area (Å²) in [6.07, 6.45) is 3.52. The zero-order chi connectivity index (χ0) is 14.4. The van der Waals surface area contributed by atoms with Gasteiger partial charge in [0.25, 0.3) is 0 Å². The van der Waals surface area contributed by atoms with Gasteiger partial charge in [-0.05, 0) is 43.5 Å². The SMILES string of the molecule is CCCCc1ccc(Nc2nc(C)cc(C#N)n2)cc1. The molecule has 0 aliphatic rings. The second kappa shape index (κ2) is 6.67. The molecule has 0 fully saturated rings. The summed E-state index contributed by atoms with van der Waals surface area (Å²) in [4.78, 5) is 8.41. The molecule has 1 aromatic carbocycles. The molecule has 0 aliphatic carbocycles. The van der Waals surface area contributed by atoms with Crippen LogP contribution in [0.1, 0.15) is 36.7 Å². The van der Waals surface area contributed by atoms with Gasteiger partial charge in [-0.2, -0.15) is 5.26 Å². The predicted octanol–water partition coefficient (Wildman–Crippen LogP) is 3.74. The normalized spacial score (nSPS) is 10.1. The van der Waals surface area contributed by atoms with Crippen LogP contribution < -0.4 is 5.32 Å². The Morgan fingerprint density at radius 3 is 2.60 bits per heavy atom. The van der Waals surface area contributed by atoms with Crippen LogP contribution in [0.5, 0.6) is 0 Å². The fraction of sp³-hybridized carbons (Fsp3) is 0.312. The Labute approximate surface area is 119 Å². The van der Waals surface area contributed by atoms with E-state index >= 15 is 0 Å². The van der Waals surface area contributed by atoms with Crippen molar-refractivity contribution in [3.63, 3.8) is 0 Å². The van der Waals surface area contributed by atoms with Crippen LogP contribution >= 0.6 is 0 Å². The molecular formula is C16H18N4. The minimum atomic E-state index is 0.375. The highest BCUT2D eigenvalue weighted by Crippen LogP contribution is 2.16. The third-order valence-corrected chi connectivity index (χ3v) is 3.00. The van der Waals surface area contributed by atoms with Gasteiger partial charge < -0.3 is 5.32 Å². The Balaban J connectivity index is 2.10. The van der Waals surface area contributed by atoms with E-state index in [0.717, 1.165) is 17.8 Å². The number of aromatic nitrogens is 2. The molecule has 102 valence electrons. The first-order chi connectivity index (χ1) is 9.71. The van der Waals surface area contributed by atoms with Gasteiger partial charge in [0.15, 0.2) is 0 Å². The maximum Gasteiger partial charge on any atom is 0.228 e. The largest absolute Gasteiger partial charge is 0.324 e. The lowest BCUT2D eigenvalue weighted by molar-refractivity contribution is 0.795. The molecule has 0 saturated carbocycles. The van der Waals surface area contributed by atoms with E-state index in [0.29, 0.717) is 11.6 Å². The van der Waals surface area contributed by atoms with Crippen LogP contribution in [0.3, 0.4) is 0 Å². The van der Waals surface area contributed by atoms with Crippen molar-refractivity contribution in [2.24, 2.45) is 0 Å². The maximum atomic E-state index is 8.90. The lowest BCUT2D eigenvalue weighted by atomic mass is 10.1. The van der Waals surface area contributed by atoms with Gasteiger partial charge in [-0.15, -0.1) is 0 Å². The Morgan fingerprint density at radius 1 is 1.20 bits per heavy atom. The smallest absolute Gasteiger partial charge is 0.228 e. The van der Waals surface area contributed by atoms with Gasteiger partial charge in [-0.3, -0.25) is 0 Å². The summed E-state index contributed by atoms with van der Waals surface area (Å²) < 4.78 is 0. The average Bonchev–Trinajstić information content (AvgIpc) is 2.46. The number of aryl methyl sites for hydroxylation is 2. The number of hydrogen-bond acceptors (Lipinski definition) is 4. The zero-order valence-electron chi connectivity index (χ0n) is 11.8. The quantitative estimate of drug-likeness (QED) is 0.895. The molecule has 4 nitrogen and oxygen atoms in total. The number of nitrogens with zero attached hydrogens (tertiary/aromatic N) is 3. The van der Waals surface area contributed by atoms with Crippen molar-refractivity contribution >= 4 is 11.6 Å². The van der Waals surface area contributed by atoms with Crippen molar-refractivity contribution in [1.29, 1.82) is 5.26 Å². The highest BCUT2D eigenvalue weighted by Gasteiger charge is 2.02. The first kappa shape index (κ1) is 14.0.